The van der Waals surface area contributed by atoms with Crippen molar-refractivity contribution in [3.05, 3.63) is 64.7 Å². The van der Waals surface area contributed by atoms with Crippen LogP contribution in [-0.4, -0.2) is 33.8 Å². The quantitative estimate of drug-likeness (QED) is 0.517. The number of nitrogens with one attached hydrogen (secondary N) is 1. The van der Waals surface area contributed by atoms with E-state index in [0.29, 0.717) is 22.5 Å². The average Bonchev–Trinajstić information content (AvgIpc) is 3.36. The summed E-state index contributed by atoms with van der Waals surface area (Å²) in [5, 5.41) is 10.0. The van der Waals surface area contributed by atoms with E-state index in [0.717, 1.165) is 21.7 Å². The largest absolute Gasteiger partial charge is 0.465 e. The summed E-state index contributed by atoms with van der Waals surface area (Å²) in [4.78, 5) is 30.4. The summed E-state index contributed by atoms with van der Waals surface area (Å²) in [6, 6.07) is 12.3. The highest BCUT2D eigenvalue weighted by molar-refractivity contribution is 7.13. The van der Waals surface area contributed by atoms with Crippen molar-refractivity contribution in [2.45, 2.75) is 6.92 Å². The smallest absolute Gasteiger partial charge is 0.337 e. The maximum Gasteiger partial charge on any atom is 0.337 e. The van der Waals surface area contributed by atoms with E-state index in [1.54, 1.807) is 46.4 Å². The minimum absolute atomic E-state index is 0.267. The molecule has 1 N–H and O–H groups in total. The molecule has 0 saturated carbocycles. The van der Waals surface area contributed by atoms with Crippen LogP contribution in [0.25, 0.3) is 21.6 Å². The number of benzene rings is 1. The summed E-state index contributed by atoms with van der Waals surface area (Å²) in [5.41, 5.74) is 3.60. The molecular formula is C21H18N4O3S. The molecule has 3 aromatic heterocycles. The van der Waals surface area contributed by atoms with Gasteiger partial charge in [-0.3, -0.25) is 9.48 Å². The van der Waals surface area contributed by atoms with Gasteiger partial charge >= 0.3 is 5.97 Å². The van der Waals surface area contributed by atoms with Crippen LogP contribution in [0.5, 0.6) is 0 Å². The Morgan fingerprint density at radius 3 is 2.59 bits per heavy atom. The van der Waals surface area contributed by atoms with Crippen LogP contribution in [0.15, 0.2) is 47.8 Å². The molecular weight excluding hydrogens is 388 g/mol. The van der Waals surface area contributed by atoms with Gasteiger partial charge < -0.3 is 10.1 Å². The number of methoxy groups -OCH3 is 1. The number of pyridine rings is 1. The molecule has 0 aliphatic heterocycles. The first kappa shape index (κ1) is 18.8. The van der Waals surface area contributed by atoms with Gasteiger partial charge in [-0.1, -0.05) is 6.07 Å². The lowest BCUT2D eigenvalue weighted by Crippen LogP contribution is -2.13. The summed E-state index contributed by atoms with van der Waals surface area (Å²) in [6.45, 7) is 1.86. The Bertz CT molecular complexity index is 1210. The van der Waals surface area contributed by atoms with Crippen LogP contribution in [0.1, 0.15) is 26.4 Å². The number of anilines is 1. The Labute approximate surface area is 171 Å². The molecule has 146 valence electrons. The number of aromatic nitrogens is 3. The number of amides is 1. The Balaban J connectivity index is 1.74. The van der Waals surface area contributed by atoms with Crippen LogP contribution in [0, 0.1) is 6.92 Å². The van der Waals surface area contributed by atoms with Gasteiger partial charge in [0.25, 0.3) is 5.91 Å². The fourth-order valence-corrected chi connectivity index (χ4v) is 3.87. The molecule has 3 heterocycles. The van der Waals surface area contributed by atoms with Crippen molar-refractivity contribution in [2.75, 3.05) is 12.4 Å². The SMILES string of the molecule is COC(=O)c1ccc(NC(=O)c2cc(-c3cccs3)nc3c2c(C)nn3C)cc1. The Kier molecular flexibility index (Phi) is 4.85. The standard InChI is InChI=1S/C21H18N4O3S/c1-12-18-15(20(26)22-14-8-6-13(7-9-14)21(27)28-3)11-16(17-5-4-10-29-17)23-19(18)25(2)24-12/h4-11H,1-3H3,(H,22,26). The van der Waals surface area contributed by atoms with Gasteiger partial charge in [-0.25, -0.2) is 9.78 Å². The van der Waals surface area contributed by atoms with Crippen molar-refractivity contribution in [1.29, 1.82) is 0 Å². The van der Waals surface area contributed by atoms with Gasteiger partial charge in [-0.15, -0.1) is 11.3 Å². The summed E-state index contributed by atoms with van der Waals surface area (Å²) >= 11 is 1.56. The van der Waals surface area contributed by atoms with Gasteiger partial charge in [0.15, 0.2) is 5.65 Å². The lowest BCUT2D eigenvalue weighted by atomic mass is 10.1. The second-order valence-electron chi connectivity index (χ2n) is 6.46. The highest BCUT2D eigenvalue weighted by Crippen LogP contribution is 2.29. The molecule has 29 heavy (non-hydrogen) atoms. The minimum Gasteiger partial charge on any atom is -0.465 e. The topological polar surface area (TPSA) is 86.1 Å². The average molecular weight is 406 g/mol. The molecule has 4 rings (SSSR count). The molecule has 0 fully saturated rings. The predicted octanol–water partition coefficient (Wildman–Crippen LogP) is 4.04. The van der Waals surface area contributed by atoms with Crippen molar-refractivity contribution in [2.24, 2.45) is 7.05 Å². The molecule has 1 aromatic carbocycles. The summed E-state index contributed by atoms with van der Waals surface area (Å²) in [6.07, 6.45) is 0. The van der Waals surface area contributed by atoms with Crippen LogP contribution in [0.4, 0.5) is 5.69 Å². The summed E-state index contributed by atoms with van der Waals surface area (Å²) < 4.78 is 6.38. The number of fused-ring (bicyclic) bond motifs is 1. The highest BCUT2D eigenvalue weighted by atomic mass is 32.1. The van der Waals surface area contributed by atoms with Gasteiger partial charge in [-0.05, 0) is 48.7 Å². The van der Waals surface area contributed by atoms with Crippen molar-refractivity contribution in [3.63, 3.8) is 0 Å². The van der Waals surface area contributed by atoms with E-state index in [2.05, 4.69) is 10.4 Å². The molecule has 0 saturated heterocycles. The third kappa shape index (κ3) is 3.50. The lowest BCUT2D eigenvalue weighted by molar-refractivity contribution is 0.0600. The number of nitrogens with zero attached hydrogens (tertiary/aromatic N) is 3. The van der Waals surface area contributed by atoms with E-state index < -0.39 is 5.97 Å². The third-order valence-electron chi connectivity index (χ3n) is 4.55. The summed E-state index contributed by atoms with van der Waals surface area (Å²) in [5.74, 6) is -0.692. The molecule has 0 bridgehead atoms. The highest BCUT2D eigenvalue weighted by Gasteiger charge is 2.20. The maximum absolute atomic E-state index is 13.1. The van der Waals surface area contributed by atoms with Crippen LogP contribution < -0.4 is 5.32 Å². The molecule has 0 unspecified atom stereocenters. The number of aryl methyl sites for hydroxylation is 2. The first-order valence-electron chi connectivity index (χ1n) is 8.86. The Hall–Kier alpha value is -3.52. The Morgan fingerprint density at radius 1 is 1.17 bits per heavy atom. The van der Waals surface area contributed by atoms with Crippen molar-refractivity contribution >= 4 is 39.9 Å². The fourth-order valence-electron chi connectivity index (χ4n) is 3.18. The zero-order valence-corrected chi connectivity index (χ0v) is 16.9. The summed E-state index contributed by atoms with van der Waals surface area (Å²) in [7, 11) is 3.14. The van der Waals surface area contributed by atoms with Crippen molar-refractivity contribution in [1.82, 2.24) is 14.8 Å². The third-order valence-corrected chi connectivity index (χ3v) is 5.44. The van der Waals surface area contributed by atoms with Gasteiger partial charge in [0.1, 0.15) is 0 Å². The van der Waals surface area contributed by atoms with Crippen molar-refractivity contribution < 1.29 is 14.3 Å². The number of rotatable bonds is 4. The number of ether oxygens (including phenoxy) is 1. The molecule has 4 aromatic rings. The van der Waals surface area contributed by atoms with Crippen molar-refractivity contribution in [3.8, 4) is 10.6 Å². The van der Waals surface area contributed by atoms with E-state index in [4.69, 9.17) is 9.72 Å². The monoisotopic (exact) mass is 406 g/mol. The van der Waals surface area contributed by atoms with E-state index in [1.807, 2.05) is 31.5 Å². The van der Waals surface area contributed by atoms with E-state index >= 15 is 0 Å². The van der Waals surface area contributed by atoms with Crippen LogP contribution in [0.2, 0.25) is 0 Å². The molecule has 0 aliphatic carbocycles. The second kappa shape index (κ2) is 7.48. The number of carbonyl (C=O) groups is 2. The van der Waals surface area contributed by atoms with Crippen LogP contribution in [0.3, 0.4) is 0 Å². The molecule has 0 spiro atoms. The first-order chi connectivity index (χ1) is 14.0. The molecule has 8 heteroatoms. The van der Waals surface area contributed by atoms with Gasteiger partial charge in [0.2, 0.25) is 0 Å². The van der Waals surface area contributed by atoms with Crippen LogP contribution in [-0.2, 0) is 11.8 Å². The van der Waals surface area contributed by atoms with Crippen LogP contribution >= 0.6 is 11.3 Å². The van der Waals surface area contributed by atoms with E-state index in [-0.39, 0.29) is 5.91 Å². The number of carbonyl (C=O) groups excluding carboxylic acids is 2. The molecule has 0 radical (unpaired) electrons. The number of hydrogen-bond acceptors (Lipinski definition) is 6. The van der Waals surface area contributed by atoms with Gasteiger partial charge in [0, 0.05) is 12.7 Å². The molecule has 1 amide bonds. The van der Waals surface area contributed by atoms with Gasteiger partial charge in [0.05, 0.1) is 39.9 Å². The predicted molar refractivity (Wildman–Crippen MR) is 112 cm³/mol. The van der Waals surface area contributed by atoms with E-state index in [9.17, 15) is 9.59 Å². The first-order valence-corrected chi connectivity index (χ1v) is 9.74. The fraction of sp³-hybridized carbons (Fsp3) is 0.143. The molecule has 7 nitrogen and oxygen atoms in total. The molecule has 0 atom stereocenters. The van der Waals surface area contributed by atoms with E-state index in [1.165, 1.54) is 7.11 Å². The number of esters is 1. The maximum atomic E-state index is 13.1. The second-order valence-corrected chi connectivity index (χ2v) is 7.41. The lowest BCUT2D eigenvalue weighted by Gasteiger charge is -2.09. The zero-order chi connectivity index (χ0) is 20.5. The zero-order valence-electron chi connectivity index (χ0n) is 16.1. The Morgan fingerprint density at radius 2 is 1.93 bits per heavy atom. The normalized spacial score (nSPS) is 10.9. The van der Waals surface area contributed by atoms with Gasteiger partial charge in [-0.2, -0.15) is 5.10 Å². The number of thiophene rings is 1. The molecule has 0 aliphatic rings. The number of hydrogen-bond donors (Lipinski definition) is 1. The minimum atomic E-state index is -0.426.